The molecule has 1 saturated carbocycles. The van der Waals surface area contributed by atoms with Gasteiger partial charge in [-0.15, -0.1) is 0 Å². The highest BCUT2D eigenvalue weighted by atomic mass is 16.4. The van der Waals surface area contributed by atoms with E-state index < -0.39 is 5.97 Å². The van der Waals surface area contributed by atoms with Crippen LogP contribution in [0.4, 0.5) is 0 Å². The standard InChI is InChI=1S/C14H26N2O3/c1-13(2,3)10(15)7-11(17)16-9-14(5-4-6-14)8-12(18)19/h10H,4-9,15H2,1-3H3,(H,16,17)(H,18,19). The monoisotopic (exact) mass is 270 g/mol. The smallest absolute Gasteiger partial charge is 0.303 e. The van der Waals surface area contributed by atoms with Crippen molar-refractivity contribution in [2.75, 3.05) is 6.54 Å². The largest absolute Gasteiger partial charge is 0.481 e. The predicted molar refractivity (Wildman–Crippen MR) is 73.6 cm³/mol. The normalized spacial score (nSPS) is 19.4. The van der Waals surface area contributed by atoms with Crippen molar-refractivity contribution in [1.29, 1.82) is 0 Å². The van der Waals surface area contributed by atoms with Gasteiger partial charge in [0.25, 0.3) is 0 Å². The van der Waals surface area contributed by atoms with Crippen LogP contribution in [-0.4, -0.2) is 29.6 Å². The quantitative estimate of drug-likeness (QED) is 0.682. The van der Waals surface area contributed by atoms with Crippen LogP contribution < -0.4 is 11.1 Å². The average Bonchev–Trinajstić information content (AvgIpc) is 2.19. The molecule has 1 aliphatic carbocycles. The molecule has 0 aromatic rings. The number of carbonyl (C=O) groups is 2. The second-order valence-electron chi connectivity index (χ2n) is 6.88. The minimum atomic E-state index is -0.791. The average molecular weight is 270 g/mol. The van der Waals surface area contributed by atoms with Crippen LogP contribution in [0.2, 0.25) is 0 Å². The SMILES string of the molecule is CC(C)(C)C(N)CC(=O)NCC1(CC(=O)O)CCC1. The number of hydrogen-bond acceptors (Lipinski definition) is 3. The summed E-state index contributed by atoms with van der Waals surface area (Å²) in [5.74, 6) is -0.876. The van der Waals surface area contributed by atoms with Crippen LogP contribution in [0.25, 0.3) is 0 Å². The Morgan fingerprint density at radius 3 is 2.32 bits per heavy atom. The first-order valence-corrected chi connectivity index (χ1v) is 6.89. The van der Waals surface area contributed by atoms with E-state index in [1.165, 1.54) is 0 Å². The highest BCUT2D eigenvalue weighted by Gasteiger charge is 2.39. The van der Waals surface area contributed by atoms with Gasteiger partial charge in [-0.1, -0.05) is 27.2 Å². The maximum atomic E-state index is 11.8. The van der Waals surface area contributed by atoms with Crippen molar-refractivity contribution >= 4 is 11.9 Å². The van der Waals surface area contributed by atoms with Gasteiger partial charge < -0.3 is 16.2 Å². The highest BCUT2D eigenvalue weighted by molar-refractivity contribution is 5.77. The third-order valence-corrected chi connectivity index (χ3v) is 4.12. The molecule has 0 radical (unpaired) electrons. The van der Waals surface area contributed by atoms with E-state index in [9.17, 15) is 9.59 Å². The molecule has 110 valence electrons. The van der Waals surface area contributed by atoms with Crippen LogP contribution >= 0.6 is 0 Å². The van der Waals surface area contributed by atoms with E-state index in [4.69, 9.17) is 10.8 Å². The van der Waals surface area contributed by atoms with Crippen LogP contribution in [0.3, 0.4) is 0 Å². The van der Waals surface area contributed by atoms with Crippen molar-refractivity contribution in [3.05, 3.63) is 0 Å². The van der Waals surface area contributed by atoms with E-state index in [1.807, 2.05) is 20.8 Å². The predicted octanol–water partition coefficient (Wildman–Crippen LogP) is 1.51. The second kappa shape index (κ2) is 5.90. The molecule has 0 aromatic heterocycles. The lowest BCUT2D eigenvalue weighted by Crippen LogP contribution is -2.46. The van der Waals surface area contributed by atoms with Crippen LogP contribution in [-0.2, 0) is 9.59 Å². The van der Waals surface area contributed by atoms with Gasteiger partial charge in [-0.3, -0.25) is 9.59 Å². The number of nitrogens with one attached hydrogen (secondary N) is 1. The molecular formula is C14H26N2O3. The molecule has 19 heavy (non-hydrogen) atoms. The maximum Gasteiger partial charge on any atom is 0.303 e. The van der Waals surface area contributed by atoms with Gasteiger partial charge in [0.2, 0.25) is 5.91 Å². The van der Waals surface area contributed by atoms with Gasteiger partial charge in [0.05, 0.1) is 6.42 Å². The fraction of sp³-hybridized carbons (Fsp3) is 0.857. The Hall–Kier alpha value is -1.10. The van der Waals surface area contributed by atoms with E-state index in [-0.39, 0.29) is 35.6 Å². The molecule has 0 spiro atoms. The molecule has 5 heteroatoms. The zero-order valence-corrected chi connectivity index (χ0v) is 12.2. The summed E-state index contributed by atoms with van der Waals surface area (Å²) < 4.78 is 0. The summed E-state index contributed by atoms with van der Waals surface area (Å²) in [7, 11) is 0. The zero-order valence-electron chi connectivity index (χ0n) is 12.2. The molecule has 1 aliphatic rings. The minimum Gasteiger partial charge on any atom is -0.481 e. The summed E-state index contributed by atoms with van der Waals surface area (Å²) in [4.78, 5) is 22.7. The Labute approximate surface area is 114 Å². The molecular weight excluding hydrogens is 244 g/mol. The molecule has 1 rings (SSSR count). The Bertz CT molecular complexity index is 343. The van der Waals surface area contributed by atoms with Crippen molar-refractivity contribution in [2.24, 2.45) is 16.6 Å². The molecule has 0 heterocycles. The Morgan fingerprint density at radius 2 is 1.95 bits per heavy atom. The first-order chi connectivity index (χ1) is 8.65. The van der Waals surface area contributed by atoms with Gasteiger partial charge in [0, 0.05) is 19.0 Å². The third-order valence-electron chi connectivity index (χ3n) is 4.12. The summed E-state index contributed by atoms with van der Waals surface area (Å²) in [6.07, 6.45) is 3.23. The van der Waals surface area contributed by atoms with Crippen LogP contribution in [0.1, 0.15) is 52.9 Å². The lowest BCUT2D eigenvalue weighted by molar-refractivity contribution is -0.141. The number of carboxylic acid groups (broad SMARTS) is 1. The number of carbonyl (C=O) groups excluding carboxylic acids is 1. The molecule has 1 amide bonds. The number of amides is 1. The van der Waals surface area contributed by atoms with Crippen molar-refractivity contribution in [1.82, 2.24) is 5.32 Å². The summed E-state index contributed by atoms with van der Waals surface area (Å²) in [6, 6.07) is -0.190. The number of rotatable bonds is 6. The molecule has 0 bridgehead atoms. The van der Waals surface area contributed by atoms with Crippen molar-refractivity contribution < 1.29 is 14.7 Å². The van der Waals surface area contributed by atoms with E-state index in [0.717, 1.165) is 19.3 Å². The molecule has 1 atom stereocenters. The van der Waals surface area contributed by atoms with Gasteiger partial charge in [0.15, 0.2) is 0 Å². The molecule has 4 N–H and O–H groups in total. The van der Waals surface area contributed by atoms with Gasteiger partial charge >= 0.3 is 5.97 Å². The summed E-state index contributed by atoms with van der Waals surface area (Å²) in [5, 5.41) is 11.8. The molecule has 0 aromatic carbocycles. The van der Waals surface area contributed by atoms with Gasteiger partial charge in [-0.2, -0.15) is 0 Å². The molecule has 1 fully saturated rings. The van der Waals surface area contributed by atoms with Crippen LogP contribution in [0.15, 0.2) is 0 Å². The lowest BCUT2D eigenvalue weighted by atomic mass is 9.66. The minimum absolute atomic E-state index is 0.0842. The number of aliphatic carboxylic acids is 1. The van der Waals surface area contributed by atoms with Gasteiger partial charge in [-0.05, 0) is 23.7 Å². The first kappa shape index (κ1) is 16.0. The van der Waals surface area contributed by atoms with E-state index in [2.05, 4.69) is 5.32 Å². The zero-order chi connectivity index (χ0) is 14.7. The first-order valence-electron chi connectivity index (χ1n) is 6.89. The molecule has 0 saturated heterocycles. The lowest BCUT2D eigenvalue weighted by Gasteiger charge is -2.41. The summed E-state index contributed by atoms with van der Waals surface area (Å²) >= 11 is 0. The second-order valence-corrected chi connectivity index (χ2v) is 6.88. The van der Waals surface area contributed by atoms with Gasteiger partial charge in [-0.25, -0.2) is 0 Å². The van der Waals surface area contributed by atoms with E-state index in [1.54, 1.807) is 0 Å². The third kappa shape index (κ3) is 4.82. The molecule has 5 nitrogen and oxygen atoms in total. The fourth-order valence-corrected chi connectivity index (χ4v) is 2.28. The Kier molecular flexibility index (Phi) is 4.96. The van der Waals surface area contributed by atoms with Crippen molar-refractivity contribution in [2.45, 2.75) is 58.9 Å². The topological polar surface area (TPSA) is 92.4 Å². The number of carboxylic acids is 1. The maximum absolute atomic E-state index is 11.8. The number of nitrogens with two attached hydrogens (primary N) is 1. The van der Waals surface area contributed by atoms with Crippen LogP contribution in [0, 0.1) is 10.8 Å². The van der Waals surface area contributed by atoms with E-state index in [0.29, 0.717) is 6.54 Å². The highest BCUT2D eigenvalue weighted by Crippen LogP contribution is 2.43. The molecule has 0 aliphatic heterocycles. The van der Waals surface area contributed by atoms with Crippen LogP contribution in [0.5, 0.6) is 0 Å². The summed E-state index contributed by atoms with van der Waals surface area (Å²) in [5.41, 5.74) is 5.63. The van der Waals surface area contributed by atoms with E-state index >= 15 is 0 Å². The Balaban J connectivity index is 2.39. The van der Waals surface area contributed by atoms with Crippen molar-refractivity contribution in [3.63, 3.8) is 0 Å². The fourth-order valence-electron chi connectivity index (χ4n) is 2.28. The van der Waals surface area contributed by atoms with Crippen molar-refractivity contribution in [3.8, 4) is 0 Å². The number of hydrogen-bond donors (Lipinski definition) is 3. The van der Waals surface area contributed by atoms with Gasteiger partial charge in [0.1, 0.15) is 0 Å². The summed E-state index contributed by atoms with van der Waals surface area (Å²) in [6.45, 7) is 6.46. The molecule has 1 unspecified atom stereocenters. The Morgan fingerprint density at radius 1 is 1.37 bits per heavy atom.